The van der Waals surface area contributed by atoms with E-state index < -0.39 is 17.1 Å². The summed E-state index contributed by atoms with van der Waals surface area (Å²) in [5, 5.41) is 2.54. The smallest absolute Gasteiger partial charge is 0.293 e. The number of halogens is 2. The minimum absolute atomic E-state index is 0.0255. The number of carbonyl (C=O) groups is 3. The van der Waals surface area contributed by atoms with Gasteiger partial charge in [-0.05, 0) is 47.7 Å². The number of hydrogen-bond acceptors (Lipinski definition) is 5. The van der Waals surface area contributed by atoms with Crippen molar-refractivity contribution in [2.24, 2.45) is 0 Å². The van der Waals surface area contributed by atoms with Crippen LogP contribution in [0.3, 0.4) is 0 Å². The zero-order chi connectivity index (χ0) is 19.4. The molecule has 1 aliphatic heterocycles. The van der Waals surface area contributed by atoms with Gasteiger partial charge in [-0.3, -0.25) is 24.3 Å². The molecule has 0 atom stereocenters. The van der Waals surface area contributed by atoms with Crippen molar-refractivity contribution in [1.29, 1.82) is 0 Å². The second kappa shape index (κ2) is 8.32. The topological polar surface area (TPSA) is 79.4 Å². The minimum Gasteiger partial charge on any atom is -0.349 e. The predicted molar refractivity (Wildman–Crippen MR) is 101 cm³/mol. The van der Waals surface area contributed by atoms with Crippen molar-refractivity contribution < 1.29 is 18.8 Å². The van der Waals surface area contributed by atoms with E-state index in [9.17, 15) is 18.8 Å². The van der Waals surface area contributed by atoms with E-state index in [1.165, 1.54) is 42.6 Å². The van der Waals surface area contributed by atoms with Crippen LogP contribution in [0.2, 0.25) is 5.02 Å². The van der Waals surface area contributed by atoms with Gasteiger partial charge in [0.1, 0.15) is 11.5 Å². The van der Waals surface area contributed by atoms with Crippen molar-refractivity contribution >= 4 is 46.5 Å². The largest absolute Gasteiger partial charge is 0.349 e. The summed E-state index contributed by atoms with van der Waals surface area (Å²) < 4.78 is 12.9. The van der Waals surface area contributed by atoms with Crippen LogP contribution in [0, 0.1) is 5.82 Å². The number of carbonyl (C=O) groups excluding carboxylic acids is 3. The minimum atomic E-state index is -0.454. The first-order valence-corrected chi connectivity index (χ1v) is 9.04. The van der Waals surface area contributed by atoms with Crippen molar-refractivity contribution in [2.45, 2.75) is 0 Å². The van der Waals surface area contributed by atoms with Gasteiger partial charge in [0.25, 0.3) is 17.1 Å². The molecule has 3 rings (SSSR count). The molecule has 0 unspecified atom stereocenters. The Hall–Kier alpha value is -2.71. The lowest BCUT2D eigenvalue weighted by Gasteiger charge is -2.12. The summed E-state index contributed by atoms with van der Waals surface area (Å²) in [7, 11) is 0. The second-order valence-electron chi connectivity index (χ2n) is 5.50. The van der Waals surface area contributed by atoms with Crippen LogP contribution in [0.25, 0.3) is 6.08 Å². The van der Waals surface area contributed by atoms with Gasteiger partial charge in [-0.2, -0.15) is 0 Å². The Labute approximate surface area is 163 Å². The lowest BCUT2D eigenvalue weighted by molar-refractivity contribution is -0.122. The quantitative estimate of drug-likeness (QED) is 0.772. The molecule has 9 heteroatoms. The van der Waals surface area contributed by atoms with Gasteiger partial charge in [-0.1, -0.05) is 23.7 Å². The summed E-state index contributed by atoms with van der Waals surface area (Å²) in [5.74, 6) is -1.29. The standard InChI is InChI=1S/C18H13ClFN3O3S/c19-12-5-6-21-14(10-12)16(24)22-7-8-23-17(25)15(27-18(23)26)9-11-1-3-13(20)4-2-11/h1-6,9-10H,7-8H2,(H,22,24)/b15-9-. The Kier molecular flexibility index (Phi) is 5.88. The van der Waals surface area contributed by atoms with Gasteiger partial charge < -0.3 is 5.32 Å². The highest BCUT2D eigenvalue weighted by Crippen LogP contribution is 2.31. The van der Waals surface area contributed by atoms with E-state index in [1.54, 1.807) is 6.07 Å². The maximum absolute atomic E-state index is 12.9. The number of nitrogens with zero attached hydrogens (tertiary/aromatic N) is 2. The molecular weight excluding hydrogens is 393 g/mol. The number of pyridine rings is 1. The number of rotatable bonds is 5. The molecule has 2 heterocycles. The van der Waals surface area contributed by atoms with E-state index in [1.807, 2.05) is 0 Å². The molecule has 2 aromatic rings. The SMILES string of the molecule is O=C(NCCN1C(=O)S/C(=C\c2ccc(F)cc2)C1=O)c1cc(Cl)ccn1. The van der Waals surface area contributed by atoms with Crippen molar-refractivity contribution in [1.82, 2.24) is 15.2 Å². The number of aromatic nitrogens is 1. The normalized spacial score (nSPS) is 15.5. The molecule has 0 radical (unpaired) electrons. The lowest BCUT2D eigenvalue weighted by atomic mass is 10.2. The summed E-state index contributed by atoms with van der Waals surface area (Å²) in [6.45, 7) is 0.104. The maximum Gasteiger partial charge on any atom is 0.293 e. The summed E-state index contributed by atoms with van der Waals surface area (Å²) in [5.41, 5.74) is 0.759. The van der Waals surface area contributed by atoms with Crippen LogP contribution in [-0.4, -0.2) is 40.0 Å². The van der Waals surface area contributed by atoms with Crippen LogP contribution in [0.5, 0.6) is 0 Å². The monoisotopic (exact) mass is 405 g/mol. The van der Waals surface area contributed by atoms with Crippen LogP contribution in [0.1, 0.15) is 16.1 Å². The zero-order valence-corrected chi connectivity index (χ0v) is 15.4. The van der Waals surface area contributed by atoms with Gasteiger partial charge in [0, 0.05) is 24.3 Å². The fraction of sp³-hybridized carbons (Fsp3) is 0.111. The first-order valence-electron chi connectivity index (χ1n) is 7.85. The molecule has 0 bridgehead atoms. The molecule has 1 aromatic carbocycles. The molecule has 27 heavy (non-hydrogen) atoms. The van der Waals surface area contributed by atoms with Gasteiger partial charge in [0.2, 0.25) is 0 Å². The summed E-state index contributed by atoms with van der Waals surface area (Å²) in [4.78, 5) is 41.6. The summed E-state index contributed by atoms with van der Waals surface area (Å²) >= 11 is 6.61. The van der Waals surface area contributed by atoms with E-state index in [2.05, 4.69) is 10.3 Å². The molecule has 6 nitrogen and oxygen atoms in total. The maximum atomic E-state index is 12.9. The van der Waals surface area contributed by atoms with Gasteiger partial charge in [0.15, 0.2) is 0 Å². The van der Waals surface area contributed by atoms with Crippen molar-refractivity contribution in [3.63, 3.8) is 0 Å². The lowest BCUT2D eigenvalue weighted by Crippen LogP contribution is -2.37. The Balaban J connectivity index is 1.59. The molecule has 3 amide bonds. The number of amides is 3. The zero-order valence-electron chi connectivity index (χ0n) is 13.8. The Morgan fingerprint density at radius 1 is 1.26 bits per heavy atom. The highest BCUT2D eigenvalue weighted by Gasteiger charge is 2.34. The van der Waals surface area contributed by atoms with E-state index >= 15 is 0 Å². The van der Waals surface area contributed by atoms with E-state index in [4.69, 9.17) is 11.6 Å². The molecule has 138 valence electrons. The number of imide groups is 1. The molecule has 1 N–H and O–H groups in total. The van der Waals surface area contributed by atoms with E-state index in [0.717, 1.165) is 16.7 Å². The van der Waals surface area contributed by atoms with Gasteiger partial charge in [-0.15, -0.1) is 0 Å². The number of benzene rings is 1. The number of nitrogens with one attached hydrogen (secondary N) is 1. The molecule has 0 aliphatic carbocycles. The molecule has 1 aliphatic rings. The average Bonchev–Trinajstić information content (AvgIpc) is 2.91. The van der Waals surface area contributed by atoms with Crippen molar-refractivity contribution in [3.8, 4) is 0 Å². The molecule has 0 spiro atoms. The number of hydrogen-bond donors (Lipinski definition) is 1. The predicted octanol–water partition coefficient (Wildman–Crippen LogP) is 3.34. The van der Waals surface area contributed by atoms with Crippen LogP contribution in [0.15, 0.2) is 47.5 Å². The third-order valence-corrected chi connectivity index (χ3v) is 4.76. The first-order chi connectivity index (χ1) is 12.9. The third-order valence-electron chi connectivity index (χ3n) is 3.62. The molecule has 1 saturated heterocycles. The fourth-order valence-electron chi connectivity index (χ4n) is 2.30. The van der Waals surface area contributed by atoms with Crippen LogP contribution in [0.4, 0.5) is 9.18 Å². The molecule has 0 saturated carbocycles. The highest BCUT2D eigenvalue weighted by atomic mass is 35.5. The summed E-state index contributed by atoms with van der Waals surface area (Å²) in [6.07, 6.45) is 2.94. The molecule has 1 aromatic heterocycles. The Morgan fingerprint density at radius 3 is 2.70 bits per heavy atom. The number of thioether (sulfide) groups is 1. The van der Waals surface area contributed by atoms with Gasteiger partial charge >= 0.3 is 0 Å². The van der Waals surface area contributed by atoms with Gasteiger partial charge in [0.05, 0.1) is 4.91 Å². The van der Waals surface area contributed by atoms with Crippen LogP contribution < -0.4 is 5.32 Å². The van der Waals surface area contributed by atoms with Crippen molar-refractivity contribution in [2.75, 3.05) is 13.1 Å². The summed E-state index contributed by atoms with van der Waals surface area (Å²) in [6, 6.07) is 8.54. The van der Waals surface area contributed by atoms with Gasteiger partial charge in [-0.25, -0.2) is 4.39 Å². The Morgan fingerprint density at radius 2 is 2.00 bits per heavy atom. The molecule has 1 fully saturated rings. The second-order valence-corrected chi connectivity index (χ2v) is 6.93. The van der Waals surface area contributed by atoms with Crippen LogP contribution >= 0.6 is 23.4 Å². The van der Waals surface area contributed by atoms with E-state index in [0.29, 0.717) is 10.6 Å². The average molecular weight is 406 g/mol. The first kappa shape index (κ1) is 19.1. The highest BCUT2D eigenvalue weighted by molar-refractivity contribution is 8.18. The third kappa shape index (κ3) is 4.72. The molecular formula is C18H13ClFN3O3S. The Bertz CT molecular complexity index is 934. The van der Waals surface area contributed by atoms with Crippen molar-refractivity contribution in [3.05, 3.63) is 69.6 Å². The van der Waals surface area contributed by atoms with E-state index in [-0.39, 0.29) is 29.5 Å². The van der Waals surface area contributed by atoms with Crippen LogP contribution in [-0.2, 0) is 4.79 Å². The fourth-order valence-corrected chi connectivity index (χ4v) is 3.33.